The third-order valence-corrected chi connectivity index (χ3v) is 6.16. The zero-order valence-electron chi connectivity index (χ0n) is 18.6. The van der Waals surface area contributed by atoms with E-state index in [-0.39, 0.29) is 23.6 Å². The van der Waals surface area contributed by atoms with E-state index in [1.807, 2.05) is 56.5 Å². The molecule has 9 heteroatoms. The number of aromatic nitrogens is 3. The van der Waals surface area contributed by atoms with Crippen LogP contribution in [0, 0.1) is 23.0 Å². The first-order valence-electron chi connectivity index (χ1n) is 10.5. The average molecular weight is 454 g/mol. The quantitative estimate of drug-likeness (QED) is 0.280. The van der Waals surface area contributed by atoms with Crippen LogP contribution >= 0.6 is 11.8 Å². The predicted octanol–water partition coefficient (Wildman–Crippen LogP) is 4.93. The Morgan fingerprint density at radius 3 is 2.34 bits per heavy atom. The second kappa shape index (κ2) is 10.4. The van der Waals surface area contributed by atoms with Crippen molar-refractivity contribution in [1.82, 2.24) is 20.1 Å². The molecule has 8 nitrogen and oxygen atoms in total. The molecule has 1 heterocycles. The molecule has 32 heavy (non-hydrogen) atoms. The largest absolute Gasteiger partial charge is 0.342 e. The molecule has 168 valence electrons. The number of thioether (sulfide) groups is 1. The summed E-state index contributed by atoms with van der Waals surface area (Å²) in [7, 11) is 0. The third kappa shape index (κ3) is 5.53. The number of carbonyl (C=O) groups is 1. The summed E-state index contributed by atoms with van der Waals surface area (Å²) < 4.78 is 2.01. The first-order chi connectivity index (χ1) is 15.3. The van der Waals surface area contributed by atoms with Gasteiger partial charge in [-0.3, -0.25) is 14.9 Å². The second-order valence-electron chi connectivity index (χ2n) is 7.86. The van der Waals surface area contributed by atoms with Gasteiger partial charge in [0.15, 0.2) is 11.0 Å². The van der Waals surface area contributed by atoms with Crippen LogP contribution in [-0.4, -0.2) is 25.6 Å². The highest BCUT2D eigenvalue weighted by atomic mass is 32.2. The van der Waals surface area contributed by atoms with Gasteiger partial charge in [0.25, 0.3) is 11.6 Å². The Bertz CT molecular complexity index is 1080. The van der Waals surface area contributed by atoms with Gasteiger partial charge < -0.3 is 9.88 Å². The van der Waals surface area contributed by atoms with E-state index in [2.05, 4.69) is 15.5 Å². The summed E-state index contributed by atoms with van der Waals surface area (Å²) in [4.78, 5) is 23.2. The van der Waals surface area contributed by atoms with Crippen molar-refractivity contribution < 1.29 is 9.72 Å². The summed E-state index contributed by atoms with van der Waals surface area (Å²) in [5.74, 6) is 1.30. The lowest BCUT2D eigenvalue weighted by Gasteiger charge is -2.22. The molecule has 1 aromatic heterocycles. The van der Waals surface area contributed by atoms with Crippen LogP contribution < -0.4 is 5.32 Å². The highest BCUT2D eigenvalue weighted by molar-refractivity contribution is 7.98. The Kier molecular flexibility index (Phi) is 7.63. The van der Waals surface area contributed by atoms with Crippen molar-refractivity contribution in [1.29, 1.82) is 0 Å². The molecule has 0 radical (unpaired) electrons. The monoisotopic (exact) mass is 453 g/mol. The number of amides is 1. The van der Waals surface area contributed by atoms with Crippen molar-refractivity contribution in [2.45, 2.75) is 51.2 Å². The molecular weight excluding hydrogens is 426 g/mol. The molecule has 1 amide bonds. The number of carbonyl (C=O) groups excluding carboxylic acids is 1. The fourth-order valence-corrected chi connectivity index (χ4v) is 4.22. The number of benzene rings is 2. The van der Waals surface area contributed by atoms with Crippen molar-refractivity contribution in [2.24, 2.45) is 5.92 Å². The molecule has 3 rings (SSSR count). The number of nitrogens with zero attached hydrogens (tertiary/aromatic N) is 4. The fraction of sp³-hybridized carbons (Fsp3) is 0.348. The van der Waals surface area contributed by atoms with Crippen molar-refractivity contribution in [2.75, 3.05) is 0 Å². The SMILES string of the molecule is CCn1c(SCc2ccc([N+](=O)[O-])cc2)nnc1[C@@H](NC(=O)c1ccc(C)cc1)C(C)C. The Morgan fingerprint density at radius 1 is 1.12 bits per heavy atom. The van der Waals surface area contributed by atoms with Gasteiger partial charge in [0, 0.05) is 30.0 Å². The minimum absolute atomic E-state index is 0.0712. The standard InChI is InChI=1S/C23H27N5O3S/c1-5-27-21(20(15(2)3)24-22(29)18-10-6-16(4)7-11-18)25-26-23(27)32-14-17-8-12-19(13-9-17)28(30)31/h6-13,15,20H,5,14H2,1-4H3,(H,24,29)/t20-/m0/s1. The van der Waals surface area contributed by atoms with Gasteiger partial charge in [-0.05, 0) is 37.5 Å². The molecule has 0 aliphatic heterocycles. The van der Waals surface area contributed by atoms with Crippen LogP contribution in [0.1, 0.15) is 54.1 Å². The predicted molar refractivity (Wildman–Crippen MR) is 125 cm³/mol. The molecule has 3 aromatic rings. The number of hydrogen-bond donors (Lipinski definition) is 1. The molecule has 0 fully saturated rings. The number of rotatable bonds is 9. The number of hydrogen-bond acceptors (Lipinski definition) is 6. The van der Waals surface area contributed by atoms with E-state index >= 15 is 0 Å². The van der Waals surface area contributed by atoms with E-state index in [0.29, 0.717) is 23.7 Å². The first-order valence-corrected chi connectivity index (χ1v) is 11.5. The minimum atomic E-state index is -0.409. The smallest absolute Gasteiger partial charge is 0.269 e. The number of non-ortho nitro benzene ring substituents is 1. The molecular formula is C23H27N5O3S. The van der Waals surface area contributed by atoms with E-state index < -0.39 is 4.92 Å². The zero-order chi connectivity index (χ0) is 23.3. The summed E-state index contributed by atoms with van der Waals surface area (Å²) in [5.41, 5.74) is 2.74. The fourth-order valence-electron chi connectivity index (χ4n) is 3.25. The van der Waals surface area contributed by atoms with Gasteiger partial charge in [-0.1, -0.05) is 55.4 Å². The molecule has 0 aliphatic rings. The third-order valence-electron chi connectivity index (χ3n) is 5.12. The Morgan fingerprint density at radius 2 is 1.78 bits per heavy atom. The van der Waals surface area contributed by atoms with Crippen LogP contribution in [0.15, 0.2) is 53.7 Å². The van der Waals surface area contributed by atoms with E-state index in [4.69, 9.17) is 0 Å². The zero-order valence-corrected chi connectivity index (χ0v) is 19.4. The highest BCUT2D eigenvalue weighted by Crippen LogP contribution is 2.28. The molecule has 0 unspecified atom stereocenters. The van der Waals surface area contributed by atoms with Gasteiger partial charge in [-0.15, -0.1) is 10.2 Å². The maximum atomic E-state index is 12.8. The van der Waals surface area contributed by atoms with E-state index in [1.165, 1.54) is 23.9 Å². The molecule has 0 saturated carbocycles. The Balaban J connectivity index is 1.76. The summed E-state index contributed by atoms with van der Waals surface area (Å²) in [6, 6.07) is 13.7. The van der Waals surface area contributed by atoms with Gasteiger partial charge in [0.05, 0.1) is 11.0 Å². The molecule has 1 N–H and O–H groups in total. The van der Waals surface area contributed by atoms with Gasteiger partial charge in [-0.2, -0.15) is 0 Å². The number of nitro groups is 1. The van der Waals surface area contributed by atoms with Crippen molar-refractivity contribution in [3.8, 4) is 0 Å². The Labute approximate surface area is 191 Å². The lowest BCUT2D eigenvalue weighted by Crippen LogP contribution is -2.33. The second-order valence-corrected chi connectivity index (χ2v) is 8.80. The average Bonchev–Trinajstić information content (AvgIpc) is 3.18. The number of nitrogens with one attached hydrogen (secondary N) is 1. The highest BCUT2D eigenvalue weighted by Gasteiger charge is 2.26. The lowest BCUT2D eigenvalue weighted by molar-refractivity contribution is -0.384. The van der Waals surface area contributed by atoms with E-state index in [9.17, 15) is 14.9 Å². The van der Waals surface area contributed by atoms with E-state index in [0.717, 1.165) is 16.3 Å². The maximum absolute atomic E-state index is 12.8. The van der Waals surface area contributed by atoms with Gasteiger partial charge in [0.1, 0.15) is 0 Å². The molecule has 2 aromatic carbocycles. The summed E-state index contributed by atoms with van der Waals surface area (Å²) >= 11 is 1.51. The van der Waals surface area contributed by atoms with Crippen LogP contribution in [0.3, 0.4) is 0 Å². The van der Waals surface area contributed by atoms with Gasteiger partial charge in [0.2, 0.25) is 0 Å². The molecule has 0 saturated heterocycles. The molecule has 0 aliphatic carbocycles. The summed E-state index contributed by atoms with van der Waals surface area (Å²) in [5, 5.41) is 23.5. The van der Waals surface area contributed by atoms with Crippen LogP contribution in [0.4, 0.5) is 5.69 Å². The van der Waals surface area contributed by atoms with Gasteiger partial charge >= 0.3 is 0 Å². The van der Waals surface area contributed by atoms with Crippen molar-refractivity contribution >= 4 is 23.4 Å². The van der Waals surface area contributed by atoms with Crippen LogP contribution in [0.5, 0.6) is 0 Å². The summed E-state index contributed by atoms with van der Waals surface area (Å²) in [6.45, 7) is 8.74. The van der Waals surface area contributed by atoms with Crippen molar-refractivity contribution in [3.63, 3.8) is 0 Å². The normalized spacial score (nSPS) is 12.0. The molecule has 1 atom stereocenters. The van der Waals surface area contributed by atoms with E-state index in [1.54, 1.807) is 12.1 Å². The Hall–Kier alpha value is -3.20. The number of nitro benzene ring substituents is 1. The molecule has 0 bridgehead atoms. The maximum Gasteiger partial charge on any atom is 0.269 e. The van der Waals surface area contributed by atoms with Crippen LogP contribution in [0.25, 0.3) is 0 Å². The first kappa shape index (κ1) is 23.5. The van der Waals surface area contributed by atoms with Crippen LogP contribution in [0.2, 0.25) is 0 Å². The molecule has 0 spiro atoms. The number of aryl methyl sites for hydroxylation is 1. The van der Waals surface area contributed by atoms with Crippen LogP contribution in [-0.2, 0) is 12.3 Å². The van der Waals surface area contributed by atoms with Crippen molar-refractivity contribution in [3.05, 3.63) is 81.2 Å². The lowest BCUT2D eigenvalue weighted by atomic mass is 10.0. The topological polar surface area (TPSA) is 103 Å². The minimum Gasteiger partial charge on any atom is -0.342 e. The summed E-state index contributed by atoms with van der Waals surface area (Å²) in [6.07, 6.45) is 0. The van der Waals surface area contributed by atoms with Gasteiger partial charge in [-0.25, -0.2) is 0 Å².